The second-order valence-corrected chi connectivity index (χ2v) is 6.76. The number of fused-ring (bicyclic) bond motifs is 11. The number of hydrogen-bond acceptors (Lipinski definition) is 6. The molecule has 0 fully saturated rings. The van der Waals surface area contributed by atoms with Crippen molar-refractivity contribution in [2.24, 2.45) is 0 Å². The summed E-state index contributed by atoms with van der Waals surface area (Å²) in [6, 6.07) is 20.0. The molecular formula is C21H10N6O. The van der Waals surface area contributed by atoms with Crippen LogP contribution in [-0.2, 0) is 0 Å². The van der Waals surface area contributed by atoms with E-state index in [1.54, 1.807) is 0 Å². The number of aromatic nitrogens is 6. The smallest absolute Gasteiger partial charge is 0.166 e. The Morgan fingerprint density at radius 3 is 2.36 bits per heavy atom. The molecule has 7 rings (SSSR count). The molecule has 0 aliphatic heterocycles. The molecule has 28 heavy (non-hydrogen) atoms. The second-order valence-electron chi connectivity index (χ2n) is 6.76. The Morgan fingerprint density at radius 1 is 0.571 bits per heavy atom. The van der Waals surface area contributed by atoms with E-state index in [9.17, 15) is 0 Å². The maximum atomic E-state index is 4.95. The van der Waals surface area contributed by atoms with Crippen molar-refractivity contribution in [1.82, 2.24) is 29.7 Å². The molecule has 4 heterocycles. The van der Waals surface area contributed by atoms with Crippen LogP contribution in [0.2, 0.25) is 0 Å². The molecule has 3 aromatic carbocycles. The maximum Gasteiger partial charge on any atom is 0.166 e. The van der Waals surface area contributed by atoms with E-state index in [1.807, 2.05) is 42.5 Å². The quantitative estimate of drug-likeness (QED) is 0.296. The highest BCUT2D eigenvalue weighted by atomic mass is 16.6. The van der Waals surface area contributed by atoms with E-state index >= 15 is 0 Å². The van der Waals surface area contributed by atoms with Crippen molar-refractivity contribution in [3.8, 4) is 0 Å². The summed E-state index contributed by atoms with van der Waals surface area (Å²) >= 11 is 0. The Morgan fingerprint density at radius 2 is 1.39 bits per heavy atom. The molecule has 0 aliphatic rings. The fourth-order valence-corrected chi connectivity index (χ4v) is 4.01. The van der Waals surface area contributed by atoms with E-state index in [0.717, 1.165) is 44.1 Å². The van der Waals surface area contributed by atoms with Gasteiger partial charge in [0.2, 0.25) is 0 Å². The number of imidazole rings is 1. The van der Waals surface area contributed by atoms with Gasteiger partial charge in [0.05, 0.1) is 22.1 Å². The van der Waals surface area contributed by atoms with Crippen molar-refractivity contribution >= 4 is 60.7 Å². The van der Waals surface area contributed by atoms with Crippen molar-refractivity contribution in [2.45, 2.75) is 0 Å². The van der Waals surface area contributed by atoms with Gasteiger partial charge in [0.15, 0.2) is 11.2 Å². The van der Waals surface area contributed by atoms with Gasteiger partial charge in [0, 0.05) is 5.39 Å². The third-order valence-corrected chi connectivity index (χ3v) is 5.23. The van der Waals surface area contributed by atoms with Gasteiger partial charge in [-0.05, 0) is 40.6 Å². The minimum atomic E-state index is 0.615. The first-order valence-electron chi connectivity index (χ1n) is 8.89. The molecule has 0 unspecified atom stereocenters. The molecule has 7 heteroatoms. The Kier molecular flexibility index (Phi) is 2.39. The van der Waals surface area contributed by atoms with Crippen LogP contribution in [0.5, 0.6) is 0 Å². The predicted octanol–water partition coefficient (Wildman–Crippen LogP) is 4.27. The molecule has 0 aliphatic carbocycles. The SMILES string of the molecule is c1ccc2c(c1)nc1c3nc4ccc5nonc5c4nc3c3ccccc3n21. The third-order valence-electron chi connectivity index (χ3n) is 5.23. The van der Waals surface area contributed by atoms with E-state index in [0.29, 0.717) is 16.6 Å². The molecule has 7 nitrogen and oxygen atoms in total. The summed E-state index contributed by atoms with van der Waals surface area (Å²) in [5, 5.41) is 8.95. The molecule has 0 spiro atoms. The van der Waals surface area contributed by atoms with E-state index < -0.39 is 0 Å². The lowest BCUT2D eigenvalue weighted by Gasteiger charge is -2.08. The van der Waals surface area contributed by atoms with Crippen LogP contribution in [0.15, 0.2) is 65.3 Å². The lowest BCUT2D eigenvalue weighted by atomic mass is 10.1. The molecule has 0 bridgehead atoms. The van der Waals surface area contributed by atoms with Crippen LogP contribution in [0.3, 0.4) is 0 Å². The normalized spacial score (nSPS) is 12.3. The van der Waals surface area contributed by atoms with E-state index in [-0.39, 0.29) is 0 Å². The first-order chi connectivity index (χ1) is 13.9. The highest BCUT2D eigenvalue weighted by molar-refractivity contribution is 6.13. The third kappa shape index (κ3) is 1.61. The number of rotatable bonds is 0. The zero-order valence-electron chi connectivity index (χ0n) is 14.4. The standard InChI is InChI=1S/C21H10N6O/c1-3-7-15-11(5-1)17-20(21-23-12-6-2-4-8-16(12)27(15)21)22-13-9-10-14-19(18(13)24-17)26-28-25-14/h1-10H. The number of para-hydroxylation sites is 3. The van der Waals surface area contributed by atoms with Gasteiger partial charge in [-0.3, -0.25) is 4.40 Å². The highest BCUT2D eigenvalue weighted by Crippen LogP contribution is 2.32. The summed E-state index contributed by atoms with van der Waals surface area (Å²) in [7, 11) is 0. The summed E-state index contributed by atoms with van der Waals surface area (Å²) in [4.78, 5) is 14.7. The van der Waals surface area contributed by atoms with Crippen molar-refractivity contribution in [3.63, 3.8) is 0 Å². The average Bonchev–Trinajstić information content (AvgIpc) is 3.38. The predicted molar refractivity (Wildman–Crippen MR) is 106 cm³/mol. The zero-order valence-corrected chi connectivity index (χ0v) is 14.4. The molecule has 4 aromatic heterocycles. The van der Waals surface area contributed by atoms with Crippen LogP contribution in [0.4, 0.5) is 0 Å². The molecule has 0 amide bonds. The minimum Gasteiger partial charge on any atom is -0.290 e. The summed E-state index contributed by atoms with van der Waals surface area (Å²) in [5.74, 6) is 0. The van der Waals surface area contributed by atoms with Gasteiger partial charge in [-0.25, -0.2) is 19.6 Å². The molecule has 0 radical (unpaired) electrons. The average molecular weight is 362 g/mol. The first kappa shape index (κ1) is 14.0. The summed E-state index contributed by atoms with van der Waals surface area (Å²) < 4.78 is 7.05. The van der Waals surface area contributed by atoms with Crippen LogP contribution in [0, 0.1) is 0 Å². The molecular weight excluding hydrogens is 352 g/mol. The highest BCUT2D eigenvalue weighted by Gasteiger charge is 2.17. The van der Waals surface area contributed by atoms with Crippen LogP contribution in [0.1, 0.15) is 0 Å². The Hall–Kier alpha value is -4.13. The summed E-state index contributed by atoms with van der Waals surface area (Å²) in [5.41, 5.74) is 8.06. The number of benzene rings is 3. The monoisotopic (exact) mass is 362 g/mol. The number of hydrogen-bond donors (Lipinski definition) is 0. The Balaban J connectivity index is 1.84. The van der Waals surface area contributed by atoms with Gasteiger partial charge >= 0.3 is 0 Å². The van der Waals surface area contributed by atoms with Gasteiger partial charge < -0.3 is 0 Å². The van der Waals surface area contributed by atoms with E-state index in [1.165, 1.54) is 0 Å². The van der Waals surface area contributed by atoms with Gasteiger partial charge in [-0.2, -0.15) is 0 Å². The fourth-order valence-electron chi connectivity index (χ4n) is 4.01. The zero-order chi connectivity index (χ0) is 18.2. The van der Waals surface area contributed by atoms with Gasteiger partial charge in [0.1, 0.15) is 22.1 Å². The summed E-state index contributed by atoms with van der Waals surface area (Å²) in [6.45, 7) is 0. The van der Waals surface area contributed by atoms with E-state index in [4.69, 9.17) is 19.6 Å². The van der Waals surface area contributed by atoms with Gasteiger partial charge in [-0.15, -0.1) is 0 Å². The fraction of sp³-hybridized carbons (Fsp3) is 0. The molecule has 130 valence electrons. The van der Waals surface area contributed by atoms with Crippen molar-refractivity contribution in [1.29, 1.82) is 0 Å². The first-order valence-corrected chi connectivity index (χ1v) is 8.89. The molecule has 0 saturated carbocycles. The lowest BCUT2D eigenvalue weighted by Crippen LogP contribution is -1.96. The second kappa shape index (κ2) is 4.77. The van der Waals surface area contributed by atoms with Crippen LogP contribution in [0.25, 0.3) is 60.7 Å². The van der Waals surface area contributed by atoms with Crippen molar-refractivity contribution < 1.29 is 4.63 Å². The van der Waals surface area contributed by atoms with Gasteiger partial charge in [0.25, 0.3) is 0 Å². The van der Waals surface area contributed by atoms with Crippen molar-refractivity contribution in [2.75, 3.05) is 0 Å². The molecule has 0 atom stereocenters. The van der Waals surface area contributed by atoms with E-state index in [2.05, 4.69) is 32.9 Å². The largest absolute Gasteiger partial charge is 0.290 e. The Labute approximate surface area is 156 Å². The lowest BCUT2D eigenvalue weighted by molar-refractivity contribution is 0.315. The molecule has 7 aromatic rings. The number of pyridine rings is 1. The number of nitrogens with zero attached hydrogens (tertiary/aromatic N) is 6. The topological polar surface area (TPSA) is 82.0 Å². The van der Waals surface area contributed by atoms with Crippen LogP contribution in [-0.4, -0.2) is 29.7 Å². The van der Waals surface area contributed by atoms with Gasteiger partial charge in [-0.1, -0.05) is 30.3 Å². The van der Waals surface area contributed by atoms with Crippen LogP contribution < -0.4 is 0 Å². The molecule has 0 N–H and O–H groups in total. The summed E-state index contributed by atoms with van der Waals surface area (Å²) in [6.07, 6.45) is 0. The Bertz CT molecular complexity index is 1730. The van der Waals surface area contributed by atoms with Crippen LogP contribution >= 0.6 is 0 Å². The maximum absolute atomic E-state index is 4.95. The minimum absolute atomic E-state index is 0.615. The molecule has 0 saturated heterocycles. The van der Waals surface area contributed by atoms with Crippen molar-refractivity contribution in [3.05, 3.63) is 60.7 Å².